The third kappa shape index (κ3) is 97.6. The van der Waals surface area contributed by atoms with Gasteiger partial charge in [-0.15, -0.1) is 0 Å². The Morgan fingerprint density at radius 2 is 0.870 bits per heavy atom. The fraction of sp³-hybridized carbons (Fsp3) is 0.917. The van der Waals surface area contributed by atoms with Crippen LogP contribution in [-0.2, 0) is 43.1 Å². The van der Waals surface area contributed by atoms with Crippen molar-refractivity contribution < 1.29 is 48.8 Å². The van der Waals surface area contributed by atoms with Crippen LogP contribution in [0.25, 0.3) is 0 Å². The molecule has 0 aliphatic rings. The van der Waals surface area contributed by atoms with Crippen molar-refractivity contribution in [2.45, 2.75) is 71.1 Å². The molecule has 0 rings (SSSR count). The maximum Gasteiger partial charge on any atom is 0.319 e. The summed E-state index contributed by atoms with van der Waals surface area (Å²) in [5.41, 5.74) is 0. The first-order chi connectivity index (χ1) is 9.91. The Kier molecular flexibility index (Phi) is 30.6. The number of hydrogen-bond donors (Lipinski definition) is 6. The summed E-state index contributed by atoms with van der Waals surface area (Å²) in [5, 5.41) is 0. The van der Waals surface area contributed by atoms with Gasteiger partial charge in [-0.05, 0) is 23.6 Å². The average Bonchev–Trinajstić information content (AvgIpc) is 2.28. The minimum absolute atomic E-state index is 0. The van der Waals surface area contributed by atoms with E-state index in [0.29, 0.717) is 0 Å². The van der Waals surface area contributed by atoms with Crippen LogP contribution in [0, 0.1) is 6.92 Å². The van der Waals surface area contributed by atoms with E-state index in [1.807, 2.05) is 0 Å². The van der Waals surface area contributed by atoms with E-state index in [1.165, 1.54) is 57.8 Å². The second-order valence-electron chi connectivity index (χ2n) is 4.71. The minimum atomic E-state index is -3.81. The maximum atomic E-state index is 7.56. The van der Waals surface area contributed by atoms with E-state index < -0.39 is 13.4 Å². The van der Waals surface area contributed by atoms with Crippen LogP contribution < -0.4 is 0 Å². The molecule has 6 N–H and O–H groups in total. The Morgan fingerprint density at radius 1 is 0.652 bits per heavy atom. The summed E-state index contributed by atoms with van der Waals surface area (Å²) in [6.07, 6.45) is 13.9. The molecule has 0 aromatic rings. The molecule has 0 radical (unpaired) electrons. The van der Waals surface area contributed by atoms with Crippen LogP contribution in [0.2, 0.25) is 0 Å². The molecule has 0 fully saturated rings. The summed E-state index contributed by atoms with van der Waals surface area (Å²) in [4.78, 5) is 45.3. The van der Waals surface area contributed by atoms with Crippen LogP contribution in [0.3, 0.4) is 0 Å². The monoisotopic (exact) mass is 461 g/mol. The Bertz CT molecular complexity index is 265. The molecule has 6 nitrogen and oxygen atoms in total. The van der Waals surface area contributed by atoms with Gasteiger partial charge in [0.25, 0.3) is 0 Å². The second kappa shape index (κ2) is 21.7. The largest absolute Gasteiger partial charge is 0.343 e. The molecule has 0 unspecified atom stereocenters. The topological polar surface area (TPSA) is 121 Å². The zero-order chi connectivity index (χ0) is 18.1. The standard InChI is InChI=1S/C12H25.2H3O3PS.Zn/c1-3-5-7-9-11-12-10-8-6-4-2;2*1-4(2,3)5;/h1,3-12H2,2H3;2*(H3,1,2,3,5);/q-1;;;. The molecule has 0 bridgehead atoms. The molecule has 0 spiro atoms. The quantitative estimate of drug-likeness (QED) is 0.134. The molecule has 0 aliphatic heterocycles. The molecular formula is C12H31O6P2S2Zn-. The Hall–Kier alpha value is 1.68. The van der Waals surface area contributed by atoms with Crippen LogP contribution >= 0.6 is 13.4 Å². The van der Waals surface area contributed by atoms with E-state index in [1.54, 1.807) is 0 Å². The molecule has 23 heavy (non-hydrogen) atoms. The van der Waals surface area contributed by atoms with Gasteiger partial charge < -0.3 is 36.3 Å². The van der Waals surface area contributed by atoms with Crippen LogP contribution in [-0.4, -0.2) is 29.4 Å². The van der Waals surface area contributed by atoms with E-state index in [0.717, 1.165) is 6.42 Å². The molecule has 0 saturated carbocycles. The zero-order valence-electron chi connectivity index (χ0n) is 13.9. The van der Waals surface area contributed by atoms with Gasteiger partial charge in [0, 0.05) is 19.5 Å². The Morgan fingerprint density at radius 3 is 1.09 bits per heavy atom. The van der Waals surface area contributed by atoms with E-state index in [4.69, 9.17) is 29.4 Å². The van der Waals surface area contributed by atoms with Crippen LogP contribution in [0.4, 0.5) is 0 Å². The van der Waals surface area contributed by atoms with Crippen molar-refractivity contribution >= 4 is 37.1 Å². The predicted molar refractivity (Wildman–Crippen MR) is 99.1 cm³/mol. The molecule has 0 amide bonds. The molecule has 0 aromatic heterocycles. The molecule has 0 aromatic carbocycles. The van der Waals surface area contributed by atoms with Gasteiger partial charge in [0.05, 0.1) is 0 Å². The summed E-state index contributed by atoms with van der Waals surface area (Å²) in [5.74, 6) is 0. The van der Waals surface area contributed by atoms with Crippen molar-refractivity contribution in [3.8, 4) is 0 Å². The van der Waals surface area contributed by atoms with Gasteiger partial charge in [-0.1, -0.05) is 64.7 Å². The van der Waals surface area contributed by atoms with Crippen LogP contribution in [0.15, 0.2) is 0 Å². The Labute approximate surface area is 163 Å². The summed E-state index contributed by atoms with van der Waals surface area (Å²) in [6, 6.07) is 0. The fourth-order valence-electron chi connectivity index (χ4n) is 1.49. The van der Waals surface area contributed by atoms with Crippen molar-refractivity contribution in [3.63, 3.8) is 0 Å². The number of rotatable bonds is 9. The van der Waals surface area contributed by atoms with Crippen molar-refractivity contribution in [2.75, 3.05) is 0 Å². The predicted octanol–water partition coefficient (Wildman–Crippen LogP) is 3.11. The van der Waals surface area contributed by atoms with Gasteiger partial charge >= 0.3 is 13.4 Å². The first kappa shape index (κ1) is 32.4. The first-order valence-electron chi connectivity index (χ1n) is 7.27. The fourth-order valence-corrected chi connectivity index (χ4v) is 1.49. The third-order valence-electron chi connectivity index (χ3n) is 2.35. The van der Waals surface area contributed by atoms with Crippen molar-refractivity contribution in [3.05, 3.63) is 6.92 Å². The van der Waals surface area contributed by atoms with E-state index in [-0.39, 0.29) is 19.5 Å². The first-order valence-corrected chi connectivity index (χ1v) is 12.6. The van der Waals surface area contributed by atoms with Gasteiger partial charge in [-0.2, -0.15) is 6.42 Å². The van der Waals surface area contributed by atoms with E-state index in [9.17, 15) is 0 Å². The summed E-state index contributed by atoms with van der Waals surface area (Å²) in [6.45, 7) is -1.50. The summed E-state index contributed by atoms with van der Waals surface area (Å²) < 4.78 is 0. The normalized spacial score (nSPS) is 10.6. The molecule has 140 valence electrons. The third-order valence-corrected chi connectivity index (χ3v) is 2.35. The van der Waals surface area contributed by atoms with E-state index >= 15 is 0 Å². The molecule has 0 saturated heterocycles. The van der Waals surface area contributed by atoms with Gasteiger partial charge in [0.1, 0.15) is 0 Å². The SMILES string of the molecule is OP(O)(O)=S.OP(O)(O)=S.[CH2-]CCCCCCCCCCC.[Zn]. The maximum absolute atomic E-state index is 7.56. The molecular weight excluding hydrogens is 432 g/mol. The summed E-state index contributed by atoms with van der Waals surface area (Å²) >= 11 is 7.21. The molecule has 0 atom stereocenters. The van der Waals surface area contributed by atoms with Gasteiger partial charge in [-0.3, -0.25) is 0 Å². The Balaban J connectivity index is -0.000000137. The van der Waals surface area contributed by atoms with Gasteiger partial charge in [0.2, 0.25) is 0 Å². The molecule has 0 aliphatic carbocycles. The smallest absolute Gasteiger partial charge is 0.319 e. The van der Waals surface area contributed by atoms with Crippen LogP contribution in [0.1, 0.15) is 71.1 Å². The van der Waals surface area contributed by atoms with Gasteiger partial charge in [0.15, 0.2) is 0 Å². The zero-order valence-corrected chi connectivity index (χ0v) is 20.3. The minimum Gasteiger partial charge on any atom is -0.343 e. The number of unbranched alkanes of at least 4 members (excludes halogenated alkanes) is 9. The second-order valence-corrected chi connectivity index (χ2v) is 9.70. The van der Waals surface area contributed by atoms with Gasteiger partial charge in [-0.25, -0.2) is 0 Å². The van der Waals surface area contributed by atoms with Crippen molar-refractivity contribution in [1.29, 1.82) is 0 Å². The molecule has 0 heterocycles. The average molecular weight is 463 g/mol. The van der Waals surface area contributed by atoms with Crippen molar-refractivity contribution in [1.82, 2.24) is 0 Å². The summed E-state index contributed by atoms with van der Waals surface area (Å²) in [7, 11) is 0. The van der Waals surface area contributed by atoms with Crippen LogP contribution in [0.5, 0.6) is 0 Å². The number of hydrogen-bond acceptors (Lipinski definition) is 2. The molecule has 11 heteroatoms. The van der Waals surface area contributed by atoms with E-state index in [2.05, 4.69) is 37.5 Å². The van der Waals surface area contributed by atoms with Crippen molar-refractivity contribution in [2.24, 2.45) is 0 Å².